The van der Waals surface area contributed by atoms with E-state index in [0.29, 0.717) is 34.8 Å². The highest BCUT2D eigenvalue weighted by Gasteiger charge is 2.33. The van der Waals surface area contributed by atoms with Gasteiger partial charge in [-0.2, -0.15) is 0 Å². The van der Waals surface area contributed by atoms with E-state index >= 15 is 0 Å². The van der Waals surface area contributed by atoms with Gasteiger partial charge in [0.05, 0.1) is 25.3 Å². The molecule has 1 fully saturated rings. The molecule has 1 aromatic heterocycles. The van der Waals surface area contributed by atoms with Gasteiger partial charge in [0, 0.05) is 37.3 Å². The van der Waals surface area contributed by atoms with Gasteiger partial charge < -0.3 is 19.8 Å². The topological polar surface area (TPSA) is 68.6 Å². The first kappa shape index (κ1) is 19.3. The molecule has 0 aliphatic carbocycles. The summed E-state index contributed by atoms with van der Waals surface area (Å²) in [6, 6.07) is 13.3. The second-order valence-electron chi connectivity index (χ2n) is 7.75. The molecule has 29 heavy (non-hydrogen) atoms. The van der Waals surface area contributed by atoms with Crippen LogP contribution in [0.3, 0.4) is 0 Å². The van der Waals surface area contributed by atoms with Crippen LogP contribution in [0.5, 0.6) is 11.5 Å². The van der Waals surface area contributed by atoms with E-state index in [-0.39, 0.29) is 11.1 Å². The van der Waals surface area contributed by atoms with Crippen molar-refractivity contribution in [2.24, 2.45) is 0 Å². The molecule has 152 valence electrons. The average molecular weight is 394 g/mol. The Bertz CT molecular complexity index is 1090. The number of hydrogen-bond acceptors (Lipinski definition) is 6. The molecule has 0 atom stereocenters. The monoisotopic (exact) mass is 394 g/mol. The quantitative estimate of drug-likeness (QED) is 0.733. The maximum atomic E-state index is 13.8. The van der Waals surface area contributed by atoms with E-state index in [1.807, 2.05) is 30.3 Å². The Kier molecular flexibility index (Phi) is 4.92. The number of nitrogens with one attached hydrogen (secondary N) is 1. The van der Waals surface area contributed by atoms with Crippen molar-refractivity contribution in [1.29, 1.82) is 0 Å². The number of nitrogens with zero attached hydrogens (tertiary/aromatic N) is 3. The van der Waals surface area contributed by atoms with Gasteiger partial charge in [-0.3, -0.25) is 4.79 Å². The van der Waals surface area contributed by atoms with Crippen molar-refractivity contribution in [2.45, 2.75) is 19.4 Å². The third kappa shape index (κ3) is 3.31. The summed E-state index contributed by atoms with van der Waals surface area (Å²) in [4.78, 5) is 18.7. The fourth-order valence-electron chi connectivity index (χ4n) is 3.86. The van der Waals surface area contributed by atoms with E-state index in [2.05, 4.69) is 24.2 Å². The van der Waals surface area contributed by atoms with Crippen LogP contribution in [-0.4, -0.2) is 49.1 Å². The van der Waals surface area contributed by atoms with E-state index in [0.717, 1.165) is 18.7 Å². The molecule has 0 amide bonds. The third-order valence-electron chi connectivity index (χ3n) is 5.37. The van der Waals surface area contributed by atoms with Crippen molar-refractivity contribution in [2.75, 3.05) is 38.9 Å². The molecule has 4 rings (SSSR count). The predicted molar refractivity (Wildman–Crippen MR) is 115 cm³/mol. The average Bonchev–Trinajstić information content (AvgIpc) is 2.73. The van der Waals surface area contributed by atoms with Gasteiger partial charge >= 0.3 is 0 Å². The zero-order valence-electron chi connectivity index (χ0n) is 17.2. The molecule has 1 aliphatic rings. The van der Waals surface area contributed by atoms with Crippen LogP contribution in [0.4, 0.5) is 0 Å². The van der Waals surface area contributed by atoms with Crippen LogP contribution in [0.25, 0.3) is 22.3 Å². The summed E-state index contributed by atoms with van der Waals surface area (Å²) in [7, 11) is 3.14. The van der Waals surface area contributed by atoms with Crippen molar-refractivity contribution in [3.05, 3.63) is 52.8 Å². The van der Waals surface area contributed by atoms with E-state index in [1.165, 1.54) is 0 Å². The largest absolute Gasteiger partial charge is 0.497 e. The molecule has 3 aromatic rings. The fraction of sp³-hybridized carbons (Fsp3) is 0.364. The lowest BCUT2D eigenvalue weighted by molar-refractivity contribution is 0.307. The summed E-state index contributed by atoms with van der Waals surface area (Å²) in [5.41, 5.74) is 1.01. The molecule has 2 aromatic carbocycles. The first-order valence-corrected chi connectivity index (χ1v) is 9.69. The molecule has 2 heterocycles. The summed E-state index contributed by atoms with van der Waals surface area (Å²) in [5.74, 6) is 1.66. The number of piperazine rings is 1. The van der Waals surface area contributed by atoms with Crippen LogP contribution in [0.2, 0.25) is 0 Å². The van der Waals surface area contributed by atoms with Gasteiger partial charge in [-0.15, -0.1) is 0 Å². The Morgan fingerprint density at radius 2 is 1.86 bits per heavy atom. The Balaban J connectivity index is 2.09. The Morgan fingerprint density at radius 3 is 2.52 bits per heavy atom. The molecule has 7 nitrogen and oxygen atoms in total. The number of benzene rings is 2. The number of hydrogen-bond donors (Lipinski definition) is 1. The molecule has 1 saturated heterocycles. The zero-order valence-corrected chi connectivity index (χ0v) is 17.2. The van der Waals surface area contributed by atoms with Crippen LogP contribution in [-0.2, 0) is 0 Å². The van der Waals surface area contributed by atoms with Gasteiger partial charge in [0.25, 0.3) is 5.56 Å². The Hall–Kier alpha value is -3.06. The highest BCUT2D eigenvalue weighted by Crippen LogP contribution is 2.30. The molecule has 0 unspecified atom stereocenters. The lowest BCUT2D eigenvalue weighted by Crippen LogP contribution is -2.65. The van der Waals surface area contributed by atoms with Gasteiger partial charge in [0.15, 0.2) is 5.82 Å². The summed E-state index contributed by atoms with van der Waals surface area (Å²) < 4.78 is 12.6. The van der Waals surface area contributed by atoms with Gasteiger partial charge in [0.1, 0.15) is 16.9 Å². The maximum absolute atomic E-state index is 13.8. The summed E-state index contributed by atoms with van der Waals surface area (Å²) in [5, 5.41) is 5.96. The van der Waals surface area contributed by atoms with Crippen molar-refractivity contribution in [1.82, 2.24) is 15.0 Å². The van der Waals surface area contributed by atoms with E-state index in [4.69, 9.17) is 14.5 Å². The van der Waals surface area contributed by atoms with Crippen molar-refractivity contribution < 1.29 is 9.47 Å². The van der Waals surface area contributed by atoms with E-state index < -0.39 is 0 Å². The Labute approximate surface area is 169 Å². The molecule has 1 aliphatic heterocycles. The van der Waals surface area contributed by atoms with Crippen LogP contribution in [0.15, 0.2) is 47.3 Å². The third-order valence-corrected chi connectivity index (χ3v) is 5.37. The van der Waals surface area contributed by atoms with Crippen molar-refractivity contribution in [3.63, 3.8) is 0 Å². The van der Waals surface area contributed by atoms with Gasteiger partial charge in [-0.05, 0) is 13.8 Å². The first-order chi connectivity index (χ1) is 14.0. The van der Waals surface area contributed by atoms with Crippen LogP contribution < -0.4 is 25.4 Å². The SMILES string of the molecule is COc1cc(OC)c2c(=O)n(N3CCNCC3(C)C)c(-c3ccccc3)nc2c1. The normalized spacial score (nSPS) is 16.1. The molecule has 0 bridgehead atoms. The molecule has 0 radical (unpaired) electrons. The number of fused-ring (bicyclic) bond motifs is 1. The van der Waals surface area contributed by atoms with Crippen molar-refractivity contribution in [3.8, 4) is 22.9 Å². The molecular formula is C22H26N4O3. The summed E-state index contributed by atoms with van der Waals surface area (Å²) >= 11 is 0. The van der Waals surface area contributed by atoms with E-state index in [9.17, 15) is 4.79 Å². The van der Waals surface area contributed by atoms with E-state index in [1.54, 1.807) is 31.0 Å². The fourth-order valence-corrected chi connectivity index (χ4v) is 3.86. The van der Waals surface area contributed by atoms with Gasteiger partial charge in [-0.1, -0.05) is 30.3 Å². The highest BCUT2D eigenvalue weighted by molar-refractivity contribution is 5.87. The minimum Gasteiger partial charge on any atom is -0.497 e. The first-order valence-electron chi connectivity index (χ1n) is 9.69. The lowest BCUT2D eigenvalue weighted by atomic mass is 10.0. The highest BCUT2D eigenvalue weighted by atomic mass is 16.5. The number of methoxy groups -OCH3 is 2. The van der Waals surface area contributed by atoms with Gasteiger partial charge in [-0.25, -0.2) is 9.66 Å². The number of aromatic nitrogens is 2. The second kappa shape index (κ2) is 7.40. The number of rotatable bonds is 4. The van der Waals surface area contributed by atoms with Gasteiger partial charge in [0.2, 0.25) is 0 Å². The van der Waals surface area contributed by atoms with Crippen LogP contribution >= 0.6 is 0 Å². The minimum atomic E-state index is -0.263. The number of ether oxygens (including phenoxy) is 2. The molecule has 1 N–H and O–H groups in total. The predicted octanol–water partition coefficient (Wildman–Crippen LogP) is 2.40. The molecule has 7 heteroatoms. The Morgan fingerprint density at radius 1 is 1.10 bits per heavy atom. The van der Waals surface area contributed by atoms with Crippen molar-refractivity contribution >= 4 is 10.9 Å². The van der Waals surface area contributed by atoms with Crippen LogP contribution in [0.1, 0.15) is 13.8 Å². The molecule has 0 spiro atoms. The minimum absolute atomic E-state index is 0.150. The second-order valence-corrected chi connectivity index (χ2v) is 7.75. The summed E-state index contributed by atoms with van der Waals surface area (Å²) in [6.45, 7) is 6.50. The smallest absolute Gasteiger partial charge is 0.284 e. The summed E-state index contributed by atoms with van der Waals surface area (Å²) in [6.07, 6.45) is 0. The molecule has 0 saturated carbocycles. The maximum Gasteiger partial charge on any atom is 0.284 e. The zero-order chi connectivity index (χ0) is 20.6. The molecular weight excluding hydrogens is 368 g/mol. The lowest BCUT2D eigenvalue weighted by Gasteiger charge is -2.45. The van der Waals surface area contributed by atoms with Crippen LogP contribution in [0, 0.1) is 0 Å². The standard InChI is InChI=1S/C22H26N4O3/c1-22(2)14-23-10-11-25(22)26-20(15-8-6-5-7-9-15)24-17-12-16(28-3)13-18(29-4)19(17)21(26)27/h5-9,12-13,23H,10-11,14H2,1-4H3.